The van der Waals surface area contributed by atoms with Gasteiger partial charge in [-0.1, -0.05) is 49.2 Å². The van der Waals surface area contributed by atoms with Crippen LogP contribution in [0.5, 0.6) is 0 Å². The van der Waals surface area contributed by atoms with Crippen LogP contribution in [0.2, 0.25) is 10.0 Å². The minimum atomic E-state index is -1.12. The first-order valence-electron chi connectivity index (χ1n) is 6.71. The Morgan fingerprint density at radius 1 is 0.826 bits per heavy atom. The van der Waals surface area contributed by atoms with Crippen molar-refractivity contribution in [3.63, 3.8) is 0 Å². The summed E-state index contributed by atoms with van der Waals surface area (Å²) in [4.78, 5) is 23.1. The maximum absolute atomic E-state index is 11.5. The van der Waals surface area contributed by atoms with Gasteiger partial charge in [0.2, 0.25) is 0 Å². The molecule has 2 aromatic carbocycles. The normalized spacial score (nSPS) is 11.3. The maximum atomic E-state index is 11.5. The Balaban J connectivity index is 2.73. The van der Waals surface area contributed by atoms with Crippen molar-refractivity contribution < 1.29 is 19.8 Å². The number of benzene rings is 2. The number of hydrogen-bond donors (Lipinski definition) is 2. The van der Waals surface area contributed by atoms with Gasteiger partial charge >= 0.3 is 11.9 Å². The summed E-state index contributed by atoms with van der Waals surface area (Å²) in [7, 11) is 0. The van der Waals surface area contributed by atoms with Gasteiger partial charge in [0, 0.05) is 15.5 Å². The Hall–Kier alpha value is -2.04. The predicted octanol–water partition coefficient (Wildman–Crippen LogP) is 4.72. The highest BCUT2D eigenvalue weighted by Gasteiger charge is 2.31. The van der Waals surface area contributed by atoms with E-state index in [0.717, 1.165) is 0 Å². The molecule has 0 aromatic heterocycles. The average Bonchev–Trinajstić information content (AvgIpc) is 2.46. The van der Waals surface area contributed by atoms with Gasteiger partial charge in [-0.2, -0.15) is 0 Å². The molecule has 0 aliphatic rings. The van der Waals surface area contributed by atoms with Crippen LogP contribution >= 0.6 is 23.2 Å². The van der Waals surface area contributed by atoms with E-state index in [1.54, 1.807) is 38.1 Å². The van der Waals surface area contributed by atoms with Gasteiger partial charge in [-0.15, -0.1) is 0 Å². The fraction of sp³-hybridized carbons (Fsp3) is 0.176. The molecule has 0 spiro atoms. The van der Waals surface area contributed by atoms with E-state index in [4.69, 9.17) is 23.2 Å². The molecule has 120 valence electrons. The smallest absolute Gasteiger partial charge is 0.336 e. The van der Waals surface area contributed by atoms with E-state index in [2.05, 4.69) is 0 Å². The molecular weight excluding hydrogens is 339 g/mol. The second-order valence-corrected chi connectivity index (χ2v) is 6.49. The SMILES string of the molecule is CC(C)(c1ccc(Cl)cc1C(=O)O)c1ccc(Cl)cc1C(=O)O. The zero-order chi connectivity index (χ0) is 17.4. The van der Waals surface area contributed by atoms with Crippen LogP contribution in [0, 0.1) is 0 Å². The van der Waals surface area contributed by atoms with Crippen molar-refractivity contribution in [2.24, 2.45) is 0 Å². The fourth-order valence-electron chi connectivity index (χ4n) is 2.62. The summed E-state index contributed by atoms with van der Waals surface area (Å²) in [6.45, 7) is 3.52. The van der Waals surface area contributed by atoms with Gasteiger partial charge < -0.3 is 10.2 Å². The zero-order valence-corrected chi connectivity index (χ0v) is 13.9. The fourth-order valence-corrected chi connectivity index (χ4v) is 2.97. The van der Waals surface area contributed by atoms with Crippen LogP contribution in [0.1, 0.15) is 45.7 Å². The van der Waals surface area contributed by atoms with Crippen molar-refractivity contribution in [3.8, 4) is 0 Å². The van der Waals surface area contributed by atoms with Gasteiger partial charge in [-0.25, -0.2) is 9.59 Å². The Kier molecular flexibility index (Phi) is 4.68. The lowest BCUT2D eigenvalue weighted by molar-refractivity contribution is 0.0686. The molecule has 0 fully saturated rings. The molecule has 0 unspecified atom stereocenters. The lowest BCUT2D eigenvalue weighted by Gasteiger charge is -2.29. The molecule has 0 bridgehead atoms. The zero-order valence-electron chi connectivity index (χ0n) is 12.4. The molecule has 2 N–H and O–H groups in total. The molecule has 2 rings (SSSR count). The third kappa shape index (κ3) is 3.33. The topological polar surface area (TPSA) is 74.6 Å². The van der Waals surface area contributed by atoms with Crippen LogP contribution in [0.4, 0.5) is 0 Å². The second kappa shape index (κ2) is 6.22. The van der Waals surface area contributed by atoms with E-state index in [-0.39, 0.29) is 11.1 Å². The van der Waals surface area contributed by atoms with Crippen LogP contribution < -0.4 is 0 Å². The van der Waals surface area contributed by atoms with Gasteiger partial charge in [0.15, 0.2) is 0 Å². The van der Waals surface area contributed by atoms with Crippen LogP contribution in [0.25, 0.3) is 0 Å². The first-order valence-corrected chi connectivity index (χ1v) is 7.47. The van der Waals surface area contributed by atoms with E-state index in [0.29, 0.717) is 21.2 Å². The molecular formula is C17H14Cl2O4. The summed E-state index contributed by atoms with van der Waals surface area (Å²) in [5, 5.41) is 19.5. The number of carbonyl (C=O) groups is 2. The lowest BCUT2D eigenvalue weighted by atomic mass is 9.74. The highest BCUT2D eigenvalue weighted by atomic mass is 35.5. The molecule has 2 aromatic rings. The van der Waals surface area contributed by atoms with Crippen molar-refractivity contribution in [1.82, 2.24) is 0 Å². The Labute approximate surface area is 143 Å². The van der Waals surface area contributed by atoms with Gasteiger partial charge in [-0.05, 0) is 35.4 Å². The molecule has 0 aliphatic carbocycles. The van der Waals surface area contributed by atoms with Crippen molar-refractivity contribution >= 4 is 35.1 Å². The van der Waals surface area contributed by atoms with Crippen LogP contribution in [-0.4, -0.2) is 22.2 Å². The molecule has 0 amide bonds. The number of halogens is 2. The van der Waals surface area contributed by atoms with Crippen molar-refractivity contribution in [2.45, 2.75) is 19.3 Å². The monoisotopic (exact) mass is 352 g/mol. The van der Waals surface area contributed by atoms with Crippen LogP contribution in [0.3, 0.4) is 0 Å². The first kappa shape index (κ1) is 17.3. The molecule has 0 saturated heterocycles. The highest BCUT2D eigenvalue weighted by Crippen LogP contribution is 2.37. The number of hydrogen-bond acceptors (Lipinski definition) is 2. The Bertz CT molecular complexity index is 732. The van der Waals surface area contributed by atoms with E-state index < -0.39 is 17.4 Å². The first-order chi connectivity index (χ1) is 10.6. The van der Waals surface area contributed by atoms with Crippen LogP contribution in [-0.2, 0) is 5.41 Å². The number of rotatable bonds is 4. The molecule has 0 saturated carbocycles. The van der Waals surface area contributed by atoms with E-state index >= 15 is 0 Å². The summed E-state index contributed by atoms with van der Waals surface area (Å²) in [6.07, 6.45) is 0. The van der Waals surface area contributed by atoms with E-state index in [1.807, 2.05) is 0 Å². The molecule has 23 heavy (non-hydrogen) atoms. The second-order valence-electron chi connectivity index (χ2n) is 5.62. The van der Waals surface area contributed by atoms with Gasteiger partial charge in [0.05, 0.1) is 11.1 Å². The largest absolute Gasteiger partial charge is 0.478 e. The summed E-state index contributed by atoms with van der Waals surface area (Å²) in [5.74, 6) is -2.25. The van der Waals surface area contributed by atoms with E-state index in [1.165, 1.54) is 12.1 Å². The molecule has 4 nitrogen and oxygen atoms in total. The molecule has 0 aliphatic heterocycles. The summed E-state index contributed by atoms with van der Waals surface area (Å²) in [6, 6.07) is 9.09. The molecule has 0 radical (unpaired) electrons. The molecule has 6 heteroatoms. The van der Waals surface area contributed by atoms with Crippen molar-refractivity contribution in [1.29, 1.82) is 0 Å². The number of carboxylic acids is 2. The summed E-state index contributed by atoms with van der Waals surface area (Å²) < 4.78 is 0. The third-order valence-electron chi connectivity index (χ3n) is 3.77. The highest BCUT2D eigenvalue weighted by molar-refractivity contribution is 6.31. The Morgan fingerprint density at radius 2 is 1.17 bits per heavy atom. The summed E-state index contributed by atoms with van der Waals surface area (Å²) >= 11 is 11.8. The minimum absolute atomic E-state index is 0.0359. The maximum Gasteiger partial charge on any atom is 0.336 e. The van der Waals surface area contributed by atoms with Gasteiger partial charge in [-0.3, -0.25) is 0 Å². The third-order valence-corrected chi connectivity index (χ3v) is 4.24. The number of carboxylic acid groups (broad SMARTS) is 2. The van der Waals surface area contributed by atoms with Gasteiger partial charge in [0.1, 0.15) is 0 Å². The molecule has 0 heterocycles. The van der Waals surface area contributed by atoms with Crippen LogP contribution in [0.15, 0.2) is 36.4 Å². The van der Waals surface area contributed by atoms with E-state index in [9.17, 15) is 19.8 Å². The lowest BCUT2D eigenvalue weighted by Crippen LogP contribution is -2.25. The Morgan fingerprint density at radius 3 is 1.48 bits per heavy atom. The predicted molar refractivity (Wildman–Crippen MR) is 89.0 cm³/mol. The average molecular weight is 353 g/mol. The molecule has 0 atom stereocenters. The van der Waals surface area contributed by atoms with Gasteiger partial charge in [0.25, 0.3) is 0 Å². The number of aromatic carboxylic acids is 2. The standard InChI is InChI=1S/C17H14Cl2O4/c1-17(2,13-5-3-9(18)7-11(13)15(20)21)14-6-4-10(19)8-12(14)16(22)23/h3-8H,1-2H3,(H,20,21)(H,22,23). The van der Waals surface area contributed by atoms with Crippen molar-refractivity contribution in [3.05, 3.63) is 68.7 Å². The quantitative estimate of drug-likeness (QED) is 0.834. The minimum Gasteiger partial charge on any atom is -0.478 e. The summed E-state index contributed by atoms with van der Waals surface area (Å²) in [5.41, 5.74) is 0.150. The van der Waals surface area contributed by atoms with Crippen molar-refractivity contribution in [2.75, 3.05) is 0 Å².